The molecule has 102 valence electrons. The molecule has 2 aromatic heterocycles. The van der Waals surface area contributed by atoms with Gasteiger partial charge in [-0.1, -0.05) is 0 Å². The maximum atomic E-state index is 6.03. The largest absolute Gasteiger partial charge is 0.489 e. The van der Waals surface area contributed by atoms with E-state index in [-0.39, 0.29) is 12.1 Å². The summed E-state index contributed by atoms with van der Waals surface area (Å²) in [6, 6.07) is 3.73. The van der Waals surface area contributed by atoms with Crippen LogP contribution in [0.25, 0.3) is 0 Å². The predicted octanol–water partition coefficient (Wildman–Crippen LogP) is 3.42. The highest BCUT2D eigenvalue weighted by atomic mass is 35.5. The van der Waals surface area contributed by atoms with Crippen molar-refractivity contribution >= 4 is 11.6 Å². The van der Waals surface area contributed by atoms with E-state index in [9.17, 15) is 0 Å². The fourth-order valence-electron chi connectivity index (χ4n) is 1.94. The third kappa shape index (κ3) is 3.28. The summed E-state index contributed by atoms with van der Waals surface area (Å²) in [5.41, 5.74) is 1.86. The molecular formula is C14H17ClN2O2. The van der Waals surface area contributed by atoms with Gasteiger partial charge in [-0.2, -0.15) is 0 Å². The van der Waals surface area contributed by atoms with Crippen LogP contribution in [-0.4, -0.2) is 18.1 Å². The lowest BCUT2D eigenvalue weighted by molar-refractivity contribution is 0.241. The summed E-state index contributed by atoms with van der Waals surface area (Å²) in [5.74, 6) is 0.743. The molecule has 0 fully saturated rings. The fourth-order valence-corrected chi connectivity index (χ4v) is 2.17. The van der Waals surface area contributed by atoms with Crippen molar-refractivity contribution in [3.63, 3.8) is 0 Å². The first-order chi connectivity index (χ1) is 9.11. The molecule has 2 rings (SSSR count). The number of nitrogens with zero attached hydrogens (tertiary/aromatic N) is 1. The van der Waals surface area contributed by atoms with Gasteiger partial charge in [0.25, 0.3) is 0 Å². The molecular weight excluding hydrogens is 264 g/mol. The predicted molar refractivity (Wildman–Crippen MR) is 74.6 cm³/mol. The summed E-state index contributed by atoms with van der Waals surface area (Å²) in [7, 11) is 1.87. The van der Waals surface area contributed by atoms with E-state index >= 15 is 0 Å². The van der Waals surface area contributed by atoms with Crippen LogP contribution >= 0.6 is 11.6 Å². The molecule has 0 aliphatic rings. The summed E-state index contributed by atoms with van der Waals surface area (Å²) in [4.78, 5) is 4.21. The topological polar surface area (TPSA) is 47.3 Å². The van der Waals surface area contributed by atoms with Gasteiger partial charge in [-0.25, -0.2) is 0 Å². The van der Waals surface area contributed by atoms with Crippen LogP contribution in [0.4, 0.5) is 0 Å². The van der Waals surface area contributed by atoms with Gasteiger partial charge in [0.05, 0.1) is 24.6 Å². The summed E-state index contributed by atoms with van der Waals surface area (Å²) in [5, 5.41) is 3.59. The van der Waals surface area contributed by atoms with Gasteiger partial charge in [0.15, 0.2) is 5.22 Å². The minimum Gasteiger partial charge on any atom is -0.489 e. The first kappa shape index (κ1) is 13.9. The lowest BCUT2D eigenvalue weighted by Crippen LogP contribution is -2.18. The van der Waals surface area contributed by atoms with Crippen LogP contribution in [0.3, 0.4) is 0 Å². The summed E-state index contributed by atoms with van der Waals surface area (Å²) < 4.78 is 10.8. The molecule has 0 aliphatic carbocycles. The number of halogens is 1. The lowest BCUT2D eigenvalue weighted by Gasteiger charge is -2.17. The highest BCUT2D eigenvalue weighted by molar-refractivity contribution is 6.29. The van der Waals surface area contributed by atoms with E-state index in [1.165, 1.54) is 0 Å². The Bertz CT molecular complexity index is 540. The summed E-state index contributed by atoms with van der Waals surface area (Å²) in [6.07, 6.45) is 5.18. The van der Waals surface area contributed by atoms with Gasteiger partial charge in [-0.3, -0.25) is 4.98 Å². The van der Waals surface area contributed by atoms with Gasteiger partial charge in [0, 0.05) is 11.8 Å². The van der Waals surface area contributed by atoms with Crippen molar-refractivity contribution < 1.29 is 9.15 Å². The average Bonchev–Trinajstić information content (AvgIpc) is 2.77. The number of furan rings is 1. The first-order valence-electron chi connectivity index (χ1n) is 6.13. The Morgan fingerprint density at radius 2 is 2.16 bits per heavy atom. The van der Waals surface area contributed by atoms with Crippen molar-refractivity contribution in [2.75, 3.05) is 7.05 Å². The zero-order chi connectivity index (χ0) is 13.8. The average molecular weight is 281 g/mol. The number of hydrogen-bond acceptors (Lipinski definition) is 4. The van der Waals surface area contributed by atoms with Crippen molar-refractivity contribution in [3.05, 3.63) is 47.1 Å². The molecule has 0 saturated carbocycles. The lowest BCUT2D eigenvalue weighted by atomic mass is 10.0. The second-order valence-corrected chi connectivity index (χ2v) is 4.84. The number of pyridine rings is 1. The smallest absolute Gasteiger partial charge is 0.198 e. The Morgan fingerprint density at radius 1 is 1.37 bits per heavy atom. The molecule has 19 heavy (non-hydrogen) atoms. The van der Waals surface area contributed by atoms with Crippen LogP contribution in [0.15, 0.2) is 35.2 Å². The number of rotatable bonds is 5. The number of aromatic nitrogens is 1. The standard InChI is InChI=1S/C14H17ClN2O2/c1-9(2)19-11-6-10(7-17-8-11)13(16-3)12-4-5-18-14(12)15/h4-9,13,16H,1-3H3. The molecule has 2 aromatic rings. The van der Waals surface area contributed by atoms with Crippen LogP contribution in [0, 0.1) is 0 Å². The van der Waals surface area contributed by atoms with Crippen LogP contribution in [0.2, 0.25) is 5.22 Å². The molecule has 0 aliphatic heterocycles. The van der Waals surface area contributed by atoms with Gasteiger partial charge in [0.1, 0.15) is 5.75 Å². The zero-order valence-corrected chi connectivity index (χ0v) is 11.9. The van der Waals surface area contributed by atoms with Crippen LogP contribution < -0.4 is 10.1 Å². The van der Waals surface area contributed by atoms with E-state index in [2.05, 4.69) is 10.3 Å². The minimum atomic E-state index is -0.0746. The Morgan fingerprint density at radius 3 is 2.74 bits per heavy atom. The Hall–Kier alpha value is -1.52. The summed E-state index contributed by atoms with van der Waals surface area (Å²) >= 11 is 6.03. The molecule has 0 spiro atoms. The van der Waals surface area contributed by atoms with Crippen molar-refractivity contribution in [1.29, 1.82) is 0 Å². The second kappa shape index (κ2) is 6.08. The van der Waals surface area contributed by atoms with E-state index in [0.29, 0.717) is 5.22 Å². The van der Waals surface area contributed by atoms with Gasteiger partial charge in [0.2, 0.25) is 0 Å². The number of hydrogen-bond donors (Lipinski definition) is 1. The maximum absolute atomic E-state index is 6.03. The van der Waals surface area contributed by atoms with E-state index in [1.807, 2.05) is 33.0 Å². The van der Waals surface area contributed by atoms with Crippen molar-refractivity contribution in [1.82, 2.24) is 10.3 Å². The molecule has 0 radical (unpaired) electrons. The van der Waals surface area contributed by atoms with Crippen molar-refractivity contribution in [3.8, 4) is 5.75 Å². The molecule has 0 amide bonds. The van der Waals surface area contributed by atoms with E-state index in [4.69, 9.17) is 20.8 Å². The molecule has 2 heterocycles. The molecule has 0 saturated heterocycles. The molecule has 1 unspecified atom stereocenters. The highest BCUT2D eigenvalue weighted by Gasteiger charge is 2.18. The number of nitrogens with one attached hydrogen (secondary N) is 1. The van der Waals surface area contributed by atoms with Crippen LogP contribution in [0.5, 0.6) is 5.75 Å². The Labute approximate surface area is 117 Å². The van der Waals surface area contributed by atoms with Crippen molar-refractivity contribution in [2.45, 2.75) is 26.0 Å². The molecule has 0 bridgehead atoms. The number of ether oxygens (including phenoxy) is 1. The highest BCUT2D eigenvalue weighted by Crippen LogP contribution is 2.30. The third-order valence-corrected chi connectivity index (χ3v) is 2.99. The monoisotopic (exact) mass is 280 g/mol. The fraction of sp³-hybridized carbons (Fsp3) is 0.357. The van der Waals surface area contributed by atoms with E-state index < -0.39 is 0 Å². The Kier molecular flexibility index (Phi) is 4.45. The van der Waals surface area contributed by atoms with Crippen molar-refractivity contribution in [2.24, 2.45) is 0 Å². The Balaban J connectivity index is 2.31. The van der Waals surface area contributed by atoms with Crippen LogP contribution in [-0.2, 0) is 0 Å². The van der Waals surface area contributed by atoms with Gasteiger partial charge >= 0.3 is 0 Å². The van der Waals surface area contributed by atoms with Gasteiger partial charge in [-0.05, 0) is 50.2 Å². The van der Waals surface area contributed by atoms with Crippen LogP contribution in [0.1, 0.15) is 31.0 Å². The SMILES string of the molecule is CNC(c1cncc(OC(C)C)c1)c1ccoc1Cl. The molecule has 4 nitrogen and oxygen atoms in total. The molecule has 1 atom stereocenters. The second-order valence-electron chi connectivity index (χ2n) is 4.49. The van der Waals surface area contributed by atoms with E-state index in [1.54, 1.807) is 18.7 Å². The van der Waals surface area contributed by atoms with Gasteiger partial charge < -0.3 is 14.5 Å². The summed E-state index contributed by atoms with van der Waals surface area (Å²) in [6.45, 7) is 3.96. The third-order valence-electron chi connectivity index (χ3n) is 2.69. The van der Waals surface area contributed by atoms with Gasteiger partial charge in [-0.15, -0.1) is 0 Å². The minimum absolute atomic E-state index is 0.0746. The molecule has 1 N–H and O–H groups in total. The first-order valence-corrected chi connectivity index (χ1v) is 6.51. The van der Waals surface area contributed by atoms with E-state index in [0.717, 1.165) is 16.9 Å². The normalized spacial score (nSPS) is 12.7. The quantitative estimate of drug-likeness (QED) is 0.912. The maximum Gasteiger partial charge on any atom is 0.198 e. The zero-order valence-electron chi connectivity index (χ0n) is 11.2. The molecule has 5 heteroatoms. The molecule has 0 aromatic carbocycles.